The molecule has 0 saturated carbocycles. The molecule has 0 aromatic rings. The van der Waals surface area contributed by atoms with Gasteiger partial charge in [0.15, 0.2) is 0 Å². The number of rotatable bonds is 7. The lowest BCUT2D eigenvalue weighted by Crippen LogP contribution is -2.33. The summed E-state index contributed by atoms with van der Waals surface area (Å²) < 4.78 is 12.3. The van der Waals surface area contributed by atoms with E-state index in [1.54, 1.807) is 0 Å². The van der Waals surface area contributed by atoms with Crippen LogP contribution in [0.15, 0.2) is 0 Å². The van der Waals surface area contributed by atoms with Gasteiger partial charge in [-0.25, -0.2) is 4.67 Å². The summed E-state index contributed by atoms with van der Waals surface area (Å²) >= 11 is 0. The summed E-state index contributed by atoms with van der Waals surface area (Å²) in [5, 5.41) is 8.40. The zero-order chi connectivity index (χ0) is 11.8. The van der Waals surface area contributed by atoms with Crippen LogP contribution in [0.4, 0.5) is 0 Å². The van der Waals surface area contributed by atoms with Gasteiger partial charge in [0.1, 0.15) is 0 Å². The molecule has 1 unspecified atom stereocenters. The third-order valence-electron chi connectivity index (χ3n) is 1.75. The van der Waals surface area contributed by atoms with Gasteiger partial charge in [-0.15, -0.1) is 0 Å². The van der Waals surface area contributed by atoms with Crippen molar-refractivity contribution >= 4 is 16.6 Å². The Labute approximate surface area is 95.0 Å². The first-order valence-electron chi connectivity index (χ1n) is 4.99. The number of nitrogens with zero attached hydrogens (tertiary/aromatic N) is 2. The fourth-order valence-electron chi connectivity index (χ4n) is 1.29. The second-order valence-electron chi connectivity index (χ2n) is 3.65. The van der Waals surface area contributed by atoms with Crippen molar-refractivity contribution in [2.75, 3.05) is 6.61 Å². The van der Waals surface area contributed by atoms with Gasteiger partial charge in [-0.2, -0.15) is 5.26 Å². The normalized spacial score (nSPS) is 13.5. The Morgan fingerprint density at radius 1 is 1.33 bits per heavy atom. The van der Waals surface area contributed by atoms with Gasteiger partial charge in [-0.05, 0) is 27.7 Å². The number of hydrogen-bond donors (Lipinski definition) is 0. The summed E-state index contributed by atoms with van der Waals surface area (Å²) in [5.74, 6) is 0. The highest BCUT2D eigenvalue weighted by Crippen LogP contribution is 2.44. The average molecular weight is 228 g/mol. The lowest BCUT2D eigenvalue weighted by molar-refractivity contribution is 0.223. The van der Waals surface area contributed by atoms with E-state index >= 15 is 0 Å². The van der Waals surface area contributed by atoms with Crippen molar-refractivity contribution in [3.8, 4) is 6.07 Å². The summed E-state index contributed by atoms with van der Waals surface area (Å²) in [7, 11) is 3.96. The van der Waals surface area contributed by atoms with Gasteiger partial charge >= 0.3 is 0 Å². The van der Waals surface area contributed by atoms with E-state index < -0.39 is 8.53 Å². The van der Waals surface area contributed by atoms with Crippen LogP contribution in [0.1, 0.15) is 34.1 Å². The standard InChI is InChI=1S/C9H18BN2O2P/c1-8(2)12(9(3)4)15(14-10)13-7-5-6-11/h8-9H,5,7H2,1-4H3. The van der Waals surface area contributed by atoms with Crippen LogP contribution in [0.25, 0.3) is 0 Å². The fourth-order valence-corrected chi connectivity index (χ4v) is 2.60. The molecule has 0 fully saturated rings. The first-order valence-corrected chi connectivity index (χ1v) is 6.12. The van der Waals surface area contributed by atoms with Gasteiger partial charge < -0.3 is 8.96 Å². The molecule has 0 aromatic carbocycles. The Morgan fingerprint density at radius 2 is 1.87 bits per heavy atom. The van der Waals surface area contributed by atoms with Gasteiger partial charge in [-0.3, -0.25) is 0 Å². The molecule has 1 atom stereocenters. The Hall–Kier alpha value is -0.135. The molecule has 0 N–H and O–H groups in total. The molecule has 0 aromatic heterocycles. The zero-order valence-corrected chi connectivity index (χ0v) is 10.7. The summed E-state index contributed by atoms with van der Waals surface area (Å²) in [6.07, 6.45) is 0.353. The highest BCUT2D eigenvalue weighted by Gasteiger charge is 2.25. The van der Waals surface area contributed by atoms with Crippen molar-refractivity contribution in [2.24, 2.45) is 0 Å². The molecule has 0 spiro atoms. The van der Waals surface area contributed by atoms with Crippen LogP contribution in [0.2, 0.25) is 0 Å². The lowest BCUT2D eigenvalue weighted by Gasteiger charge is -2.35. The van der Waals surface area contributed by atoms with Crippen molar-refractivity contribution in [3.05, 3.63) is 0 Å². The van der Waals surface area contributed by atoms with E-state index in [9.17, 15) is 0 Å². The maximum atomic E-state index is 8.40. The molecule has 0 aliphatic rings. The van der Waals surface area contributed by atoms with E-state index in [-0.39, 0.29) is 0 Å². The molecule has 6 heteroatoms. The third-order valence-corrected chi connectivity index (χ3v) is 3.64. The molecule has 2 radical (unpaired) electrons. The highest BCUT2D eigenvalue weighted by molar-refractivity contribution is 7.45. The van der Waals surface area contributed by atoms with Gasteiger partial charge in [-0.1, -0.05) is 0 Å². The largest absolute Gasteiger partial charge is 0.396 e. The molecule has 0 aliphatic heterocycles. The zero-order valence-electron chi connectivity index (χ0n) is 9.80. The fraction of sp³-hybridized carbons (Fsp3) is 0.889. The highest BCUT2D eigenvalue weighted by atomic mass is 31.2. The van der Waals surface area contributed by atoms with Gasteiger partial charge in [0.05, 0.1) is 19.1 Å². The van der Waals surface area contributed by atoms with E-state index in [0.717, 1.165) is 0 Å². The van der Waals surface area contributed by atoms with Crippen LogP contribution >= 0.6 is 8.53 Å². The van der Waals surface area contributed by atoms with Gasteiger partial charge in [0, 0.05) is 12.1 Å². The molecule has 0 heterocycles. The van der Waals surface area contributed by atoms with Crippen molar-refractivity contribution in [2.45, 2.75) is 46.2 Å². The first kappa shape index (κ1) is 14.9. The average Bonchev–Trinajstić information content (AvgIpc) is 2.15. The monoisotopic (exact) mass is 228 g/mol. The maximum Gasteiger partial charge on any atom is 0.293 e. The Morgan fingerprint density at radius 3 is 2.20 bits per heavy atom. The van der Waals surface area contributed by atoms with Crippen LogP contribution < -0.4 is 0 Å². The third kappa shape index (κ3) is 5.48. The van der Waals surface area contributed by atoms with E-state index in [1.165, 1.54) is 0 Å². The lowest BCUT2D eigenvalue weighted by atomic mass is 10.3. The maximum absolute atomic E-state index is 8.40. The molecule has 4 nitrogen and oxygen atoms in total. The second kappa shape index (κ2) is 8.07. The van der Waals surface area contributed by atoms with Crippen LogP contribution in [-0.4, -0.2) is 31.4 Å². The molecule has 0 bridgehead atoms. The van der Waals surface area contributed by atoms with Crippen molar-refractivity contribution in [3.63, 3.8) is 0 Å². The number of nitriles is 1. The van der Waals surface area contributed by atoms with Crippen LogP contribution in [-0.2, 0) is 8.96 Å². The van der Waals surface area contributed by atoms with E-state index in [4.69, 9.17) is 22.3 Å². The molecule has 0 rings (SSSR count). The Balaban J connectivity index is 4.27. The smallest absolute Gasteiger partial charge is 0.293 e. The van der Waals surface area contributed by atoms with Crippen molar-refractivity contribution < 1.29 is 8.96 Å². The topological polar surface area (TPSA) is 45.5 Å². The Kier molecular flexibility index (Phi) is 8.00. The molecular formula is C9H18BN2O2P. The van der Waals surface area contributed by atoms with E-state index in [1.807, 2.05) is 6.07 Å². The van der Waals surface area contributed by atoms with E-state index in [2.05, 4.69) is 32.4 Å². The molecule has 15 heavy (non-hydrogen) atoms. The van der Waals surface area contributed by atoms with Gasteiger partial charge in [0.25, 0.3) is 8.05 Å². The molecule has 84 valence electrons. The van der Waals surface area contributed by atoms with Crippen LogP contribution in [0.3, 0.4) is 0 Å². The summed E-state index contributed by atoms with van der Waals surface area (Å²) in [6.45, 7) is 8.59. The predicted molar refractivity (Wildman–Crippen MR) is 62.1 cm³/mol. The quantitative estimate of drug-likeness (QED) is 0.381. The molecule has 0 saturated heterocycles. The minimum Gasteiger partial charge on any atom is -0.396 e. The van der Waals surface area contributed by atoms with Crippen LogP contribution in [0.5, 0.6) is 0 Å². The van der Waals surface area contributed by atoms with Crippen molar-refractivity contribution in [1.82, 2.24) is 4.67 Å². The van der Waals surface area contributed by atoms with Gasteiger partial charge in [0.2, 0.25) is 8.53 Å². The first-order chi connectivity index (χ1) is 7.04. The van der Waals surface area contributed by atoms with E-state index in [0.29, 0.717) is 25.1 Å². The number of hydrogen-bond acceptors (Lipinski definition) is 4. The predicted octanol–water partition coefficient (Wildman–Crippen LogP) is 2.36. The van der Waals surface area contributed by atoms with Crippen LogP contribution in [0, 0.1) is 11.3 Å². The minimum absolute atomic E-state index is 0.293. The summed E-state index contributed by atoms with van der Waals surface area (Å²) in [4.78, 5) is 0. The summed E-state index contributed by atoms with van der Waals surface area (Å²) in [5.41, 5.74) is 0. The van der Waals surface area contributed by atoms with Crippen molar-refractivity contribution in [1.29, 1.82) is 5.26 Å². The molecule has 0 aliphatic carbocycles. The minimum atomic E-state index is -1.25. The summed E-state index contributed by atoms with van der Waals surface area (Å²) in [6, 6.07) is 2.60. The SMILES string of the molecule is [B]OP(OCCC#N)N(C(C)C)C(C)C. The molecular weight excluding hydrogens is 210 g/mol. The molecule has 0 amide bonds. The second-order valence-corrected chi connectivity index (χ2v) is 5.06. The Bertz CT molecular complexity index is 201.